The van der Waals surface area contributed by atoms with Crippen molar-refractivity contribution in [1.82, 2.24) is 0 Å². The molecule has 0 radical (unpaired) electrons. The highest BCUT2D eigenvalue weighted by Gasteiger charge is 2.13. The molecule has 0 atom stereocenters. The summed E-state index contributed by atoms with van der Waals surface area (Å²) in [5.41, 5.74) is 8.53. The Morgan fingerprint density at radius 1 is 1.10 bits per heavy atom. The highest BCUT2D eigenvalue weighted by atomic mass is 35.5. The summed E-state index contributed by atoms with van der Waals surface area (Å²) in [6.45, 7) is 3.25. The standard InChI is InChI=1S/C16H16ClFN2O/c17-12-9-14(16(19)15(18)10-12)11-1-3-13(4-2-11)20-5-7-21-8-6-20/h1-4,9-10H,5-8,19H2. The maximum Gasteiger partial charge on any atom is 0.148 e. The third-order valence-corrected chi connectivity index (χ3v) is 3.87. The lowest BCUT2D eigenvalue weighted by Crippen LogP contribution is -2.36. The summed E-state index contributed by atoms with van der Waals surface area (Å²) in [5, 5.41) is 0.342. The van der Waals surface area contributed by atoms with Gasteiger partial charge in [-0.1, -0.05) is 23.7 Å². The van der Waals surface area contributed by atoms with Crippen LogP contribution in [0, 0.1) is 5.82 Å². The lowest BCUT2D eigenvalue weighted by atomic mass is 10.0. The van der Waals surface area contributed by atoms with E-state index in [0.717, 1.165) is 37.6 Å². The first-order chi connectivity index (χ1) is 10.1. The topological polar surface area (TPSA) is 38.5 Å². The molecule has 0 bridgehead atoms. The third-order valence-electron chi connectivity index (χ3n) is 3.65. The zero-order chi connectivity index (χ0) is 14.8. The van der Waals surface area contributed by atoms with Crippen molar-refractivity contribution in [3.63, 3.8) is 0 Å². The van der Waals surface area contributed by atoms with E-state index in [-0.39, 0.29) is 5.69 Å². The number of rotatable bonds is 2. The first-order valence-corrected chi connectivity index (χ1v) is 7.20. The van der Waals surface area contributed by atoms with Gasteiger partial charge in [-0.2, -0.15) is 0 Å². The lowest BCUT2D eigenvalue weighted by molar-refractivity contribution is 0.122. The maximum atomic E-state index is 13.7. The summed E-state index contributed by atoms with van der Waals surface area (Å²) in [6, 6.07) is 10.8. The van der Waals surface area contributed by atoms with Crippen LogP contribution in [0.4, 0.5) is 15.8 Å². The summed E-state index contributed by atoms with van der Waals surface area (Å²) in [6.07, 6.45) is 0. The first kappa shape index (κ1) is 14.2. The third kappa shape index (κ3) is 2.96. The van der Waals surface area contributed by atoms with Crippen molar-refractivity contribution < 1.29 is 9.13 Å². The molecule has 0 aromatic heterocycles. The number of nitrogens with zero attached hydrogens (tertiary/aromatic N) is 1. The van der Waals surface area contributed by atoms with E-state index in [4.69, 9.17) is 22.1 Å². The minimum atomic E-state index is -0.491. The van der Waals surface area contributed by atoms with E-state index >= 15 is 0 Å². The van der Waals surface area contributed by atoms with E-state index < -0.39 is 5.82 Å². The Labute approximate surface area is 128 Å². The van der Waals surface area contributed by atoms with Gasteiger partial charge >= 0.3 is 0 Å². The zero-order valence-electron chi connectivity index (χ0n) is 11.5. The second kappa shape index (κ2) is 5.92. The minimum Gasteiger partial charge on any atom is -0.396 e. The minimum absolute atomic E-state index is 0.124. The van der Waals surface area contributed by atoms with Crippen LogP contribution in [0.3, 0.4) is 0 Å². The molecule has 110 valence electrons. The molecular weight excluding hydrogens is 291 g/mol. The van der Waals surface area contributed by atoms with Crippen LogP contribution in [0.1, 0.15) is 0 Å². The molecule has 1 aliphatic heterocycles. The van der Waals surface area contributed by atoms with Crippen LogP contribution < -0.4 is 10.6 Å². The molecule has 0 spiro atoms. The number of ether oxygens (including phenoxy) is 1. The maximum absolute atomic E-state index is 13.7. The fourth-order valence-corrected chi connectivity index (χ4v) is 2.70. The van der Waals surface area contributed by atoms with Gasteiger partial charge in [-0.3, -0.25) is 0 Å². The van der Waals surface area contributed by atoms with Gasteiger partial charge in [0.15, 0.2) is 0 Å². The number of halogens is 2. The number of anilines is 2. The number of morpholine rings is 1. The molecule has 21 heavy (non-hydrogen) atoms. The van der Waals surface area contributed by atoms with Crippen molar-refractivity contribution in [2.24, 2.45) is 0 Å². The molecule has 5 heteroatoms. The highest BCUT2D eigenvalue weighted by molar-refractivity contribution is 6.31. The van der Waals surface area contributed by atoms with Gasteiger partial charge in [0.25, 0.3) is 0 Å². The Morgan fingerprint density at radius 3 is 2.43 bits per heavy atom. The fourth-order valence-electron chi connectivity index (χ4n) is 2.50. The largest absolute Gasteiger partial charge is 0.396 e. The van der Waals surface area contributed by atoms with E-state index in [1.165, 1.54) is 6.07 Å². The molecule has 3 rings (SSSR count). The molecule has 0 amide bonds. The van der Waals surface area contributed by atoms with Gasteiger partial charge in [0.05, 0.1) is 18.9 Å². The van der Waals surface area contributed by atoms with Crippen molar-refractivity contribution in [3.05, 3.63) is 47.2 Å². The van der Waals surface area contributed by atoms with E-state index in [1.54, 1.807) is 6.07 Å². The van der Waals surface area contributed by atoms with Crippen LogP contribution in [-0.2, 0) is 4.74 Å². The second-order valence-electron chi connectivity index (χ2n) is 5.00. The Balaban J connectivity index is 1.90. The smallest absolute Gasteiger partial charge is 0.148 e. The van der Waals surface area contributed by atoms with Gasteiger partial charge in [0.2, 0.25) is 0 Å². The van der Waals surface area contributed by atoms with Gasteiger partial charge in [0.1, 0.15) is 5.82 Å². The number of benzene rings is 2. The van der Waals surface area contributed by atoms with Crippen molar-refractivity contribution >= 4 is 23.0 Å². The van der Waals surface area contributed by atoms with Gasteiger partial charge < -0.3 is 15.4 Å². The molecule has 3 nitrogen and oxygen atoms in total. The summed E-state index contributed by atoms with van der Waals surface area (Å²) in [7, 11) is 0. The molecule has 2 aromatic carbocycles. The molecule has 1 fully saturated rings. The predicted molar refractivity (Wildman–Crippen MR) is 84.3 cm³/mol. The van der Waals surface area contributed by atoms with Gasteiger partial charge in [-0.05, 0) is 29.8 Å². The Hall–Kier alpha value is -1.78. The van der Waals surface area contributed by atoms with Crippen LogP contribution in [-0.4, -0.2) is 26.3 Å². The Kier molecular flexibility index (Phi) is 3.99. The van der Waals surface area contributed by atoms with Gasteiger partial charge in [-0.25, -0.2) is 4.39 Å². The average molecular weight is 307 g/mol. The van der Waals surface area contributed by atoms with Crippen LogP contribution in [0.2, 0.25) is 5.02 Å². The molecule has 1 aliphatic rings. The summed E-state index contributed by atoms with van der Waals surface area (Å²) in [5.74, 6) is -0.491. The van der Waals surface area contributed by atoms with Crippen molar-refractivity contribution in [1.29, 1.82) is 0 Å². The normalized spacial score (nSPS) is 15.2. The van der Waals surface area contributed by atoms with Gasteiger partial charge in [-0.15, -0.1) is 0 Å². The molecule has 0 unspecified atom stereocenters. The SMILES string of the molecule is Nc1c(F)cc(Cl)cc1-c1ccc(N2CCOCC2)cc1. The molecule has 2 N–H and O–H groups in total. The summed E-state index contributed by atoms with van der Waals surface area (Å²) >= 11 is 5.91. The van der Waals surface area contributed by atoms with E-state index in [9.17, 15) is 4.39 Å². The van der Waals surface area contributed by atoms with Gasteiger partial charge in [0, 0.05) is 29.4 Å². The number of nitrogens with two attached hydrogens (primary N) is 1. The molecule has 0 saturated carbocycles. The van der Waals surface area contributed by atoms with Crippen molar-refractivity contribution in [2.45, 2.75) is 0 Å². The molecule has 2 aromatic rings. The van der Waals surface area contributed by atoms with E-state index in [1.807, 2.05) is 24.3 Å². The summed E-state index contributed by atoms with van der Waals surface area (Å²) in [4.78, 5) is 2.26. The Morgan fingerprint density at radius 2 is 1.76 bits per heavy atom. The molecular formula is C16H16ClFN2O. The van der Waals surface area contributed by atoms with Crippen LogP contribution in [0.5, 0.6) is 0 Å². The average Bonchev–Trinajstić information content (AvgIpc) is 2.52. The zero-order valence-corrected chi connectivity index (χ0v) is 12.2. The molecule has 1 heterocycles. The van der Waals surface area contributed by atoms with Crippen LogP contribution in [0.25, 0.3) is 11.1 Å². The number of hydrogen-bond donors (Lipinski definition) is 1. The van der Waals surface area contributed by atoms with Crippen molar-refractivity contribution in [3.8, 4) is 11.1 Å². The Bertz CT molecular complexity index is 639. The predicted octanol–water partition coefficient (Wildman–Crippen LogP) is 3.56. The monoisotopic (exact) mass is 306 g/mol. The first-order valence-electron chi connectivity index (χ1n) is 6.83. The van der Waals surface area contributed by atoms with Crippen molar-refractivity contribution in [2.75, 3.05) is 36.9 Å². The number of hydrogen-bond acceptors (Lipinski definition) is 3. The van der Waals surface area contributed by atoms with E-state index in [2.05, 4.69) is 4.90 Å². The molecule has 0 aliphatic carbocycles. The number of nitrogen functional groups attached to an aromatic ring is 1. The quantitative estimate of drug-likeness (QED) is 0.862. The second-order valence-corrected chi connectivity index (χ2v) is 5.43. The molecule has 1 saturated heterocycles. The summed E-state index contributed by atoms with van der Waals surface area (Å²) < 4.78 is 19.0. The highest BCUT2D eigenvalue weighted by Crippen LogP contribution is 2.32. The fraction of sp³-hybridized carbons (Fsp3) is 0.250. The van der Waals surface area contributed by atoms with Crippen LogP contribution >= 0.6 is 11.6 Å². The van der Waals surface area contributed by atoms with Crippen LogP contribution in [0.15, 0.2) is 36.4 Å². The van der Waals surface area contributed by atoms with E-state index in [0.29, 0.717) is 10.6 Å². The lowest BCUT2D eigenvalue weighted by Gasteiger charge is -2.29.